The molecule has 0 bridgehead atoms. The summed E-state index contributed by atoms with van der Waals surface area (Å²) in [5.41, 5.74) is 16.6. The summed E-state index contributed by atoms with van der Waals surface area (Å²) in [6, 6.07) is 102. The average Bonchev–Trinajstić information content (AvgIpc) is 4.46. The highest BCUT2D eigenvalue weighted by molar-refractivity contribution is 6.32. The number of fused-ring (bicyclic) bond motifs is 24. The number of hydrogen-bond acceptors (Lipinski definition) is 0. The van der Waals surface area contributed by atoms with Gasteiger partial charge < -0.3 is 9.55 Å². The predicted octanol–water partition coefficient (Wildman–Crippen LogP) is 23.0. The van der Waals surface area contributed by atoms with Crippen molar-refractivity contribution in [1.29, 1.82) is 0 Å². The predicted molar refractivity (Wildman–Crippen MR) is 357 cm³/mol. The fraction of sp³-hybridized carbons (Fsp3) is 0. The molecule has 0 saturated heterocycles. The Morgan fingerprint density at radius 3 is 1.31 bits per heavy atom. The van der Waals surface area contributed by atoms with E-state index in [0.717, 1.165) is 5.02 Å². The number of hydrogen-bond donors (Lipinski definition) is 1. The van der Waals surface area contributed by atoms with Crippen LogP contribution in [0, 0.1) is 0 Å². The molecule has 2 nitrogen and oxygen atoms in total. The molecule has 1 N–H and O–H groups in total. The number of halogens is 1. The Morgan fingerprint density at radius 1 is 0.229 bits per heavy atom. The van der Waals surface area contributed by atoms with Crippen molar-refractivity contribution in [2.45, 2.75) is 0 Å². The Balaban J connectivity index is 0.000000106. The molecule has 3 heteroatoms. The molecule has 0 radical (unpaired) electrons. The lowest BCUT2D eigenvalue weighted by Crippen LogP contribution is -1.94. The molecule has 0 fully saturated rings. The van der Waals surface area contributed by atoms with Gasteiger partial charge >= 0.3 is 0 Å². The van der Waals surface area contributed by atoms with Crippen molar-refractivity contribution in [3.8, 4) is 50.2 Å². The van der Waals surface area contributed by atoms with Crippen molar-refractivity contribution >= 4 is 141 Å². The first-order valence-corrected chi connectivity index (χ1v) is 29.0. The molecule has 0 atom stereocenters. The minimum absolute atomic E-state index is 0.800. The largest absolute Gasteiger partial charge is 0.354 e. The van der Waals surface area contributed by atoms with Gasteiger partial charge in [0, 0.05) is 43.3 Å². The van der Waals surface area contributed by atoms with E-state index in [9.17, 15) is 0 Å². The van der Waals surface area contributed by atoms with E-state index in [4.69, 9.17) is 11.6 Å². The number of nitrogens with zero attached hydrogens (tertiary/aromatic N) is 1. The lowest BCUT2D eigenvalue weighted by molar-refractivity contribution is 1.18. The van der Waals surface area contributed by atoms with E-state index in [1.807, 2.05) is 6.07 Å². The third-order valence-corrected chi connectivity index (χ3v) is 18.4. The monoisotopic (exact) mass is 1070 g/mol. The molecule has 0 amide bonds. The van der Waals surface area contributed by atoms with Gasteiger partial charge in [-0.15, -0.1) is 0 Å². The van der Waals surface area contributed by atoms with E-state index in [-0.39, 0.29) is 0 Å². The molecule has 83 heavy (non-hydrogen) atoms. The lowest BCUT2D eigenvalue weighted by atomic mass is 9.94. The fourth-order valence-electron chi connectivity index (χ4n) is 14.6. The summed E-state index contributed by atoms with van der Waals surface area (Å²) >= 11 is 6.10. The molecule has 16 aromatic carbocycles. The summed E-state index contributed by atoms with van der Waals surface area (Å²) in [5, 5.41) is 27.1. The van der Waals surface area contributed by atoms with Gasteiger partial charge in [0.15, 0.2) is 0 Å². The average molecular weight is 1070 g/mol. The van der Waals surface area contributed by atoms with Gasteiger partial charge in [-0.25, -0.2) is 0 Å². The molecule has 384 valence electrons. The van der Waals surface area contributed by atoms with Crippen LogP contribution in [-0.4, -0.2) is 9.55 Å². The first-order valence-electron chi connectivity index (χ1n) is 28.6. The molecular weight excluding hydrogens is 1020 g/mol. The maximum atomic E-state index is 6.10. The van der Waals surface area contributed by atoms with Gasteiger partial charge in [0.05, 0.1) is 11.0 Å². The summed E-state index contributed by atoms with van der Waals surface area (Å²) in [6.45, 7) is 0. The number of aromatic amines is 1. The minimum Gasteiger partial charge on any atom is -0.354 e. The molecule has 0 aliphatic heterocycles. The van der Waals surface area contributed by atoms with E-state index >= 15 is 0 Å². The summed E-state index contributed by atoms with van der Waals surface area (Å²) < 4.78 is 2.46. The summed E-state index contributed by atoms with van der Waals surface area (Å²) in [7, 11) is 0. The Kier molecular flexibility index (Phi) is 9.89. The summed E-state index contributed by atoms with van der Waals surface area (Å²) in [5.74, 6) is 0. The molecule has 2 aliphatic rings. The summed E-state index contributed by atoms with van der Waals surface area (Å²) in [6.07, 6.45) is 0. The van der Waals surface area contributed by atoms with Crippen molar-refractivity contribution in [2.75, 3.05) is 0 Å². The Labute approximate surface area is 482 Å². The molecule has 2 aliphatic carbocycles. The second kappa shape index (κ2) is 17.7. The molecule has 20 rings (SSSR count). The van der Waals surface area contributed by atoms with Crippen LogP contribution in [0.25, 0.3) is 180 Å². The van der Waals surface area contributed by atoms with Gasteiger partial charge in [0.1, 0.15) is 0 Å². The van der Waals surface area contributed by atoms with Crippen molar-refractivity contribution in [3.63, 3.8) is 0 Å². The molecule has 0 saturated carbocycles. The van der Waals surface area contributed by atoms with Crippen LogP contribution in [0.4, 0.5) is 0 Å². The van der Waals surface area contributed by atoms with E-state index in [0.29, 0.717) is 0 Å². The van der Waals surface area contributed by atoms with Gasteiger partial charge in [-0.1, -0.05) is 242 Å². The summed E-state index contributed by atoms with van der Waals surface area (Å²) in [4.78, 5) is 3.56. The van der Waals surface area contributed by atoms with Gasteiger partial charge in [0.2, 0.25) is 0 Å². The number of H-pyrrole nitrogens is 1. The highest BCUT2D eigenvalue weighted by atomic mass is 35.5. The van der Waals surface area contributed by atoms with Crippen molar-refractivity contribution in [3.05, 3.63) is 284 Å². The topological polar surface area (TPSA) is 20.7 Å². The Morgan fingerprint density at radius 2 is 0.675 bits per heavy atom. The van der Waals surface area contributed by atoms with Crippen LogP contribution in [0.2, 0.25) is 5.02 Å². The third kappa shape index (κ3) is 6.79. The van der Waals surface area contributed by atoms with Crippen LogP contribution in [0.5, 0.6) is 0 Å². The van der Waals surface area contributed by atoms with Crippen LogP contribution in [0.15, 0.2) is 279 Å². The third-order valence-electron chi connectivity index (χ3n) is 18.1. The van der Waals surface area contributed by atoms with Crippen LogP contribution in [0.3, 0.4) is 0 Å². The molecule has 0 spiro atoms. The van der Waals surface area contributed by atoms with Crippen molar-refractivity contribution < 1.29 is 0 Å². The Hall–Kier alpha value is -10.5. The molecule has 18 aromatic rings. The normalized spacial score (nSPS) is 12.2. The SMILES string of the molecule is Clc1ccc2c(c1)-c1cccc3cccc-2c13.c1cc2c3c(cccc3c1)-c1cc(-n3c4ccccc4c4c5ccc6ccc7ccccc7c6c5ccc43)ccc1-2.c1ccc2c(c1)ccc1ccc3c(ccc4[nH]c5ccccc5c43)c12. The second-order valence-electron chi connectivity index (χ2n) is 22.4. The number of benzene rings is 16. The van der Waals surface area contributed by atoms with Gasteiger partial charge in [0.25, 0.3) is 0 Å². The zero-order valence-electron chi connectivity index (χ0n) is 44.9. The molecule has 2 heterocycles. The standard InChI is InChI=1S/C40H23N.C24H15N.C16H9Cl/c1-2-10-28-24(7-1)15-16-26-17-19-33-32(38(26)28)21-22-37-40(33)34-11-3-4-14-36(34)41(37)27-18-20-29-30-12-5-8-25-9-6-13-31(39(25)30)35(29)23-27;1-2-6-17-15(5-1)9-10-16-11-12-19-18(23(16)17)13-14-22-24(19)20-7-3-4-8-21(20)25-22;17-11-7-8-12-13-5-1-3-10-4-2-6-14(16(10)13)15(12)9-11/h1-23H;1-14,25H;1-9H. The van der Waals surface area contributed by atoms with Gasteiger partial charge in [-0.2, -0.15) is 0 Å². The number of rotatable bonds is 1. The van der Waals surface area contributed by atoms with Crippen molar-refractivity contribution in [1.82, 2.24) is 9.55 Å². The van der Waals surface area contributed by atoms with Crippen LogP contribution >= 0.6 is 11.6 Å². The maximum Gasteiger partial charge on any atom is 0.0547 e. The number of para-hydroxylation sites is 2. The first kappa shape index (κ1) is 46.3. The van der Waals surface area contributed by atoms with Crippen molar-refractivity contribution in [2.24, 2.45) is 0 Å². The Bertz CT molecular complexity index is 5830. The zero-order chi connectivity index (χ0) is 54.4. The zero-order valence-corrected chi connectivity index (χ0v) is 45.6. The smallest absolute Gasteiger partial charge is 0.0547 e. The fourth-order valence-corrected chi connectivity index (χ4v) is 14.8. The first-order chi connectivity index (χ1) is 41.1. The highest BCUT2D eigenvalue weighted by Crippen LogP contribution is 2.50. The maximum absolute atomic E-state index is 6.10. The van der Waals surface area contributed by atoms with E-state index in [1.54, 1.807) is 0 Å². The van der Waals surface area contributed by atoms with E-state index in [2.05, 4.69) is 283 Å². The van der Waals surface area contributed by atoms with E-state index < -0.39 is 0 Å². The second-order valence-corrected chi connectivity index (χ2v) is 22.8. The highest BCUT2D eigenvalue weighted by Gasteiger charge is 2.24. The van der Waals surface area contributed by atoms with Crippen LogP contribution in [0.1, 0.15) is 0 Å². The van der Waals surface area contributed by atoms with Crippen LogP contribution < -0.4 is 0 Å². The minimum atomic E-state index is 0.800. The number of nitrogens with one attached hydrogen (secondary N) is 1. The molecule has 0 unspecified atom stereocenters. The lowest BCUT2D eigenvalue weighted by Gasteiger charge is -2.12. The van der Waals surface area contributed by atoms with Gasteiger partial charge in [-0.05, 0) is 179 Å². The van der Waals surface area contributed by atoms with E-state index in [1.165, 1.54) is 180 Å². The van der Waals surface area contributed by atoms with Crippen LogP contribution in [-0.2, 0) is 0 Å². The number of aromatic nitrogens is 2. The quantitative estimate of drug-likeness (QED) is 0.158. The molecule has 2 aromatic heterocycles. The van der Waals surface area contributed by atoms with Gasteiger partial charge in [-0.3, -0.25) is 0 Å². The molecular formula is C80H47ClN2.